The molecule has 0 aliphatic carbocycles. The molecule has 8 heteroatoms. The number of hydrogen-bond donors (Lipinski definition) is 2. The summed E-state index contributed by atoms with van der Waals surface area (Å²) in [6.07, 6.45) is 0. The Hall–Kier alpha value is -3.68. The van der Waals surface area contributed by atoms with E-state index in [0.29, 0.717) is 17.0 Å². The summed E-state index contributed by atoms with van der Waals surface area (Å²) in [4.78, 5) is 41.8. The van der Waals surface area contributed by atoms with Crippen molar-refractivity contribution in [3.8, 4) is 0 Å². The highest BCUT2D eigenvalue weighted by atomic mass is 19.1. The Morgan fingerprint density at radius 2 is 1.84 bits per heavy atom. The van der Waals surface area contributed by atoms with Crippen LogP contribution in [0.15, 0.2) is 53.7 Å². The van der Waals surface area contributed by atoms with Crippen molar-refractivity contribution in [3.05, 3.63) is 76.2 Å². The molecule has 2 aromatic carbocycles. The molecule has 0 spiro atoms. The van der Waals surface area contributed by atoms with E-state index >= 15 is 0 Å². The van der Waals surface area contributed by atoms with Gasteiger partial charge in [0.15, 0.2) is 0 Å². The molecule has 2 aliphatic heterocycles. The predicted molar refractivity (Wildman–Crippen MR) is 118 cm³/mol. The molecule has 166 valence electrons. The third-order valence-electron chi connectivity index (χ3n) is 6.08. The predicted octanol–water partition coefficient (Wildman–Crippen LogP) is 3.26. The van der Waals surface area contributed by atoms with Gasteiger partial charge in [-0.25, -0.2) is 9.18 Å². The first-order valence-corrected chi connectivity index (χ1v) is 10.4. The topological polar surface area (TPSA) is 81.8 Å². The van der Waals surface area contributed by atoms with Gasteiger partial charge < -0.3 is 15.5 Å². The minimum absolute atomic E-state index is 0.150. The Kier molecular flexibility index (Phi) is 5.46. The molecule has 2 aliphatic rings. The van der Waals surface area contributed by atoms with E-state index in [2.05, 4.69) is 10.6 Å². The monoisotopic (exact) mass is 436 g/mol. The van der Waals surface area contributed by atoms with E-state index in [-0.39, 0.29) is 18.5 Å². The molecule has 2 unspecified atom stereocenters. The number of hydrogen-bond acceptors (Lipinski definition) is 3. The zero-order valence-electron chi connectivity index (χ0n) is 18.4. The molecule has 4 amide bonds. The fourth-order valence-corrected chi connectivity index (χ4v) is 4.21. The van der Waals surface area contributed by atoms with Crippen molar-refractivity contribution >= 4 is 23.5 Å². The standard InChI is InChI=1S/C24H25FN4O3/c1-13-5-10-18(14(2)11-13)21-20-19(28(4)24(32)27-21)12-29(23(20)31)15(3)22(30)26-17-8-6-16(25)7-9-17/h5-11,15,21H,12H2,1-4H3,(H,26,30)(H,27,32). The highest BCUT2D eigenvalue weighted by molar-refractivity contribution is 6.05. The molecule has 2 N–H and O–H groups in total. The normalized spacial score (nSPS) is 19.1. The van der Waals surface area contributed by atoms with E-state index < -0.39 is 23.8 Å². The van der Waals surface area contributed by atoms with E-state index in [4.69, 9.17) is 0 Å². The Bertz CT molecular complexity index is 1140. The van der Waals surface area contributed by atoms with Gasteiger partial charge in [0.25, 0.3) is 5.91 Å². The van der Waals surface area contributed by atoms with Crippen molar-refractivity contribution in [2.24, 2.45) is 0 Å². The number of nitrogens with one attached hydrogen (secondary N) is 2. The molecule has 0 saturated carbocycles. The lowest BCUT2D eigenvalue weighted by Crippen LogP contribution is -2.45. The Morgan fingerprint density at radius 1 is 1.16 bits per heavy atom. The second-order valence-corrected chi connectivity index (χ2v) is 8.27. The summed E-state index contributed by atoms with van der Waals surface area (Å²) >= 11 is 0. The first-order valence-electron chi connectivity index (χ1n) is 10.4. The van der Waals surface area contributed by atoms with Crippen LogP contribution in [0.3, 0.4) is 0 Å². The van der Waals surface area contributed by atoms with Crippen LogP contribution in [0, 0.1) is 19.7 Å². The second-order valence-electron chi connectivity index (χ2n) is 8.27. The van der Waals surface area contributed by atoms with Gasteiger partial charge in [0.2, 0.25) is 5.91 Å². The zero-order chi connectivity index (χ0) is 23.2. The van der Waals surface area contributed by atoms with Crippen LogP contribution >= 0.6 is 0 Å². The fourth-order valence-electron chi connectivity index (χ4n) is 4.21. The highest BCUT2D eigenvalue weighted by Gasteiger charge is 2.45. The second kappa shape index (κ2) is 8.11. The Morgan fingerprint density at radius 3 is 2.50 bits per heavy atom. The molecular weight excluding hydrogens is 411 g/mol. The van der Waals surface area contributed by atoms with E-state index in [1.54, 1.807) is 14.0 Å². The molecular formula is C24H25FN4O3. The molecule has 0 radical (unpaired) electrons. The van der Waals surface area contributed by atoms with Crippen molar-refractivity contribution in [3.63, 3.8) is 0 Å². The van der Waals surface area contributed by atoms with Crippen LogP contribution in [0.2, 0.25) is 0 Å². The molecule has 0 aromatic heterocycles. The maximum Gasteiger partial charge on any atom is 0.322 e. The number of nitrogens with zero attached hydrogens (tertiary/aromatic N) is 2. The van der Waals surface area contributed by atoms with Gasteiger partial charge in [-0.2, -0.15) is 0 Å². The van der Waals surface area contributed by atoms with Crippen LogP contribution in [0.5, 0.6) is 0 Å². The van der Waals surface area contributed by atoms with Crippen LogP contribution < -0.4 is 10.6 Å². The van der Waals surface area contributed by atoms with Crippen molar-refractivity contribution in [2.75, 3.05) is 18.9 Å². The largest absolute Gasteiger partial charge is 0.326 e. The molecule has 7 nitrogen and oxygen atoms in total. The number of urea groups is 1. The van der Waals surface area contributed by atoms with Crippen LogP contribution in [-0.4, -0.2) is 47.3 Å². The van der Waals surface area contributed by atoms with Gasteiger partial charge in [-0.05, 0) is 56.2 Å². The number of amides is 4. The van der Waals surface area contributed by atoms with Gasteiger partial charge in [-0.3, -0.25) is 14.5 Å². The molecule has 2 atom stereocenters. The first kappa shape index (κ1) is 21.5. The Labute approximate surface area is 185 Å². The number of likely N-dealkylation sites (N-methyl/N-ethyl adjacent to an activating group) is 1. The maximum absolute atomic E-state index is 13.5. The molecule has 4 rings (SSSR count). The van der Waals surface area contributed by atoms with Gasteiger partial charge in [0, 0.05) is 12.7 Å². The highest BCUT2D eigenvalue weighted by Crippen LogP contribution is 2.37. The van der Waals surface area contributed by atoms with Crippen LogP contribution in [0.4, 0.5) is 14.9 Å². The van der Waals surface area contributed by atoms with Gasteiger partial charge in [-0.15, -0.1) is 0 Å². The lowest BCUT2D eigenvalue weighted by atomic mass is 9.91. The molecule has 0 fully saturated rings. The van der Waals surface area contributed by atoms with E-state index in [0.717, 1.165) is 16.7 Å². The summed E-state index contributed by atoms with van der Waals surface area (Å²) in [7, 11) is 1.61. The lowest BCUT2D eigenvalue weighted by Gasteiger charge is -2.31. The maximum atomic E-state index is 13.5. The summed E-state index contributed by atoms with van der Waals surface area (Å²) in [5.74, 6) is -1.09. The van der Waals surface area contributed by atoms with Crippen LogP contribution in [0.25, 0.3) is 0 Å². The number of aryl methyl sites for hydroxylation is 2. The van der Waals surface area contributed by atoms with Crippen LogP contribution in [0.1, 0.15) is 29.7 Å². The quantitative estimate of drug-likeness (QED) is 0.772. The average molecular weight is 436 g/mol. The number of rotatable bonds is 4. The summed E-state index contributed by atoms with van der Waals surface area (Å²) in [5, 5.41) is 5.64. The van der Waals surface area contributed by atoms with Crippen molar-refractivity contribution in [2.45, 2.75) is 32.9 Å². The number of halogens is 1. The molecule has 32 heavy (non-hydrogen) atoms. The lowest BCUT2D eigenvalue weighted by molar-refractivity contribution is -0.133. The van der Waals surface area contributed by atoms with Gasteiger partial charge in [-0.1, -0.05) is 23.8 Å². The number of anilines is 1. The van der Waals surface area contributed by atoms with Crippen molar-refractivity contribution in [1.29, 1.82) is 0 Å². The van der Waals surface area contributed by atoms with E-state index in [9.17, 15) is 18.8 Å². The molecule has 0 bridgehead atoms. The van der Waals surface area contributed by atoms with Crippen LogP contribution in [-0.2, 0) is 9.59 Å². The van der Waals surface area contributed by atoms with Crippen molar-refractivity contribution in [1.82, 2.24) is 15.1 Å². The van der Waals surface area contributed by atoms with E-state index in [1.165, 1.54) is 34.1 Å². The van der Waals surface area contributed by atoms with Gasteiger partial charge in [0.05, 0.1) is 23.9 Å². The summed E-state index contributed by atoms with van der Waals surface area (Å²) < 4.78 is 13.1. The molecule has 2 aromatic rings. The SMILES string of the molecule is Cc1ccc(C2NC(=O)N(C)C3=C2C(=O)N(C(C)C(=O)Nc2ccc(F)cc2)C3)c(C)c1. The van der Waals surface area contributed by atoms with Gasteiger partial charge >= 0.3 is 6.03 Å². The van der Waals surface area contributed by atoms with Crippen molar-refractivity contribution < 1.29 is 18.8 Å². The third-order valence-corrected chi connectivity index (χ3v) is 6.08. The van der Waals surface area contributed by atoms with Gasteiger partial charge in [0.1, 0.15) is 11.9 Å². The number of benzene rings is 2. The summed E-state index contributed by atoms with van der Waals surface area (Å²) in [6.45, 7) is 5.72. The number of carbonyl (C=O) groups excluding carboxylic acids is 3. The Balaban J connectivity index is 1.61. The summed E-state index contributed by atoms with van der Waals surface area (Å²) in [6, 6.07) is 9.63. The third kappa shape index (κ3) is 3.72. The smallest absolute Gasteiger partial charge is 0.322 e. The molecule has 0 saturated heterocycles. The first-order chi connectivity index (χ1) is 15.2. The minimum atomic E-state index is -0.790. The molecule has 2 heterocycles. The number of carbonyl (C=O) groups is 3. The minimum Gasteiger partial charge on any atom is -0.326 e. The zero-order valence-corrected chi connectivity index (χ0v) is 18.4. The fraction of sp³-hybridized carbons (Fsp3) is 0.292. The average Bonchev–Trinajstić information content (AvgIpc) is 3.09. The summed E-state index contributed by atoms with van der Waals surface area (Å²) in [5.41, 5.74) is 4.41. The van der Waals surface area contributed by atoms with E-state index in [1.807, 2.05) is 32.0 Å².